The SMILES string of the molecule is O=C(C1NCCS1)[C@@H]1NCCC1S. The van der Waals surface area contributed by atoms with Gasteiger partial charge in [0, 0.05) is 17.5 Å². The van der Waals surface area contributed by atoms with E-state index in [1.165, 1.54) is 0 Å². The van der Waals surface area contributed by atoms with Gasteiger partial charge in [-0.05, 0) is 13.0 Å². The average molecular weight is 218 g/mol. The first-order chi connectivity index (χ1) is 6.29. The number of thioether (sulfide) groups is 1. The van der Waals surface area contributed by atoms with Gasteiger partial charge >= 0.3 is 0 Å². The van der Waals surface area contributed by atoms with Gasteiger partial charge < -0.3 is 5.32 Å². The summed E-state index contributed by atoms with van der Waals surface area (Å²) in [5.41, 5.74) is 0. The minimum absolute atomic E-state index is 0.00486. The van der Waals surface area contributed by atoms with Crippen molar-refractivity contribution in [2.75, 3.05) is 18.8 Å². The molecule has 0 aromatic carbocycles. The molecule has 0 spiro atoms. The molecule has 2 saturated heterocycles. The van der Waals surface area contributed by atoms with Gasteiger partial charge in [-0.25, -0.2) is 0 Å². The van der Waals surface area contributed by atoms with Crippen molar-refractivity contribution >= 4 is 30.2 Å². The lowest BCUT2D eigenvalue weighted by Crippen LogP contribution is -2.45. The lowest BCUT2D eigenvalue weighted by atomic mass is 10.1. The number of Topliss-reactive ketones (excluding diaryl/α,β-unsaturated/α-hetero) is 1. The Hall–Kier alpha value is 0.290. The van der Waals surface area contributed by atoms with Crippen LogP contribution in [0.2, 0.25) is 0 Å². The molecule has 2 aliphatic heterocycles. The van der Waals surface area contributed by atoms with E-state index in [2.05, 4.69) is 23.3 Å². The lowest BCUT2D eigenvalue weighted by molar-refractivity contribution is -0.120. The highest BCUT2D eigenvalue weighted by Crippen LogP contribution is 2.21. The van der Waals surface area contributed by atoms with Crippen LogP contribution in [0.3, 0.4) is 0 Å². The minimum Gasteiger partial charge on any atom is -0.306 e. The van der Waals surface area contributed by atoms with Gasteiger partial charge in [0.2, 0.25) is 0 Å². The fraction of sp³-hybridized carbons (Fsp3) is 0.875. The molecule has 0 aromatic rings. The zero-order chi connectivity index (χ0) is 9.26. The summed E-state index contributed by atoms with van der Waals surface area (Å²) in [5.74, 6) is 1.32. The molecular weight excluding hydrogens is 204 g/mol. The van der Waals surface area contributed by atoms with Crippen LogP contribution in [0.15, 0.2) is 0 Å². The molecule has 3 atom stereocenters. The minimum atomic E-state index is -0.0357. The van der Waals surface area contributed by atoms with Crippen LogP contribution in [0.25, 0.3) is 0 Å². The summed E-state index contributed by atoms with van der Waals surface area (Å²) in [4.78, 5) is 11.9. The Morgan fingerprint density at radius 2 is 2.23 bits per heavy atom. The highest BCUT2D eigenvalue weighted by Gasteiger charge is 2.35. The van der Waals surface area contributed by atoms with Crippen molar-refractivity contribution in [2.24, 2.45) is 0 Å². The lowest BCUT2D eigenvalue weighted by Gasteiger charge is -2.17. The number of carbonyl (C=O) groups excluding carboxylic acids is 1. The quantitative estimate of drug-likeness (QED) is 0.565. The van der Waals surface area contributed by atoms with Gasteiger partial charge in [0.05, 0.1) is 6.04 Å². The maximum Gasteiger partial charge on any atom is 0.177 e. The zero-order valence-electron chi connectivity index (χ0n) is 7.32. The third kappa shape index (κ3) is 2.03. The molecule has 0 aliphatic carbocycles. The van der Waals surface area contributed by atoms with Crippen LogP contribution < -0.4 is 10.6 Å². The third-order valence-electron chi connectivity index (χ3n) is 2.47. The first kappa shape index (κ1) is 9.83. The predicted octanol–water partition coefficient (Wildman–Crippen LogP) is -0.122. The molecule has 2 fully saturated rings. The van der Waals surface area contributed by atoms with Crippen LogP contribution in [0, 0.1) is 0 Å². The van der Waals surface area contributed by atoms with E-state index in [1.54, 1.807) is 11.8 Å². The fourth-order valence-corrected chi connectivity index (χ4v) is 3.15. The molecule has 2 heterocycles. The van der Waals surface area contributed by atoms with E-state index in [0.29, 0.717) is 0 Å². The van der Waals surface area contributed by atoms with Crippen molar-refractivity contribution in [1.82, 2.24) is 10.6 Å². The van der Waals surface area contributed by atoms with Crippen LogP contribution in [0.1, 0.15) is 6.42 Å². The average Bonchev–Trinajstić information content (AvgIpc) is 2.72. The molecule has 13 heavy (non-hydrogen) atoms. The number of hydrogen-bond donors (Lipinski definition) is 3. The van der Waals surface area contributed by atoms with Crippen molar-refractivity contribution < 1.29 is 4.79 Å². The van der Waals surface area contributed by atoms with Crippen LogP contribution >= 0.6 is 24.4 Å². The monoisotopic (exact) mass is 218 g/mol. The summed E-state index contributed by atoms with van der Waals surface area (Å²) < 4.78 is 0. The molecule has 2 unspecified atom stereocenters. The topological polar surface area (TPSA) is 41.1 Å². The Morgan fingerprint density at radius 1 is 1.38 bits per heavy atom. The van der Waals surface area contributed by atoms with Crippen molar-refractivity contribution in [1.29, 1.82) is 0 Å². The Balaban J connectivity index is 1.95. The standard InChI is InChI=1S/C8H14N2OS2/c11-7(8-10-3-4-13-8)6-5(12)1-2-9-6/h5-6,8-10,12H,1-4H2/t5?,6-,8?/m1/s1. The van der Waals surface area contributed by atoms with Crippen LogP contribution in [-0.2, 0) is 4.79 Å². The molecule has 74 valence electrons. The molecule has 5 heteroatoms. The van der Waals surface area contributed by atoms with Gasteiger partial charge in [0.1, 0.15) is 5.37 Å². The van der Waals surface area contributed by atoms with E-state index in [-0.39, 0.29) is 22.4 Å². The van der Waals surface area contributed by atoms with Crippen LogP contribution in [0.4, 0.5) is 0 Å². The normalized spacial score (nSPS) is 39.6. The van der Waals surface area contributed by atoms with Crippen LogP contribution in [-0.4, -0.2) is 41.3 Å². The number of nitrogens with one attached hydrogen (secondary N) is 2. The van der Waals surface area contributed by atoms with Gasteiger partial charge in [-0.2, -0.15) is 12.6 Å². The number of hydrogen-bond acceptors (Lipinski definition) is 5. The maximum absolute atomic E-state index is 11.9. The third-order valence-corrected chi connectivity index (χ3v) is 4.20. The summed E-state index contributed by atoms with van der Waals surface area (Å²) in [6.07, 6.45) is 0.997. The molecule has 0 bridgehead atoms. The maximum atomic E-state index is 11.9. The van der Waals surface area contributed by atoms with Gasteiger partial charge in [-0.3, -0.25) is 10.1 Å². The second kappa shape index (κ2) is 4.21. The molecule has 2 N–H and O–H groups in total. The van der Waals surface area contributed by atoms with E-state index in [9.17, 15) is 4.79 Å². The van der Waals surface area contributed by atoms with Gasteiger partial charge in [-0.15, -0.1) is 11.8 Å². The first-order valence-electron chi connectivity index (χ1n) is 4.59. The largest absolute Gasteiger partial charge is 0.306 e. The molecule has 0 aromatic heterocycles. The van der Waals surface area contributed by atoms with E-state index in [1.807, 2.05) is 0 Å². The van der Waals surface area contributed by atoms with Gasteiger partial charge in [0.15, 0.2) is 5.78 Å². The molecule has 2 rings (SSSR count). The van der Waals surface area contributed by atoms with Crippen molar-refractivity contribution in [3.8, 4) is 0 Å². The summed E-state index contributed by atoms with van der Waals surface area (Å²) in [5, 5.41) is 6.61. The Labute approximate surface area is 87.8 Å². The van der Waals surface area contributed by atoms with Gasteiger partial charge in [-0.1, -0.05) is 0 Å². The Morgan fingerprint density at radius 3 is 2.77 bits per heavy atom. The van der Waals surface area contributed by atoms with E-state index in [4.69, 9.17) is 0 Å². The zero-order valence-corrected chi connectivity index (χ0v) is 9.04. The van der Waals surface area contributed by atoms with Crippen molar-refractivity contribution in [3.05, 3.63) is 0 Å². The molecule has 0 radical (unpaired) electrons. The molecule has 2 aliphatic rings. The smallest absolute Gasteiger partial charge is 0.177 e. The van der Waals surface area contributed by atoms with E-state index >= 15 is 0 Å². The first-order valence-corrected chi connectivity index (χ1v) is 6.16. The Bertz CT molecular complexity index is 206. The van der Waals surface area contributed by atoms with Crippen molar-refractivity contribution in [2.45, 2.75) is 23.1 Å². The summed E-state index contributed by atoms with van der Waals surface area (Å²) in [6, 6.07) is -0.0357. The summed E-state index contributed by atoms with van der Waals surface area (Å²) >= 11 is 6.10. The fourth-order valence-electron chi connectivity index (χ4n) is 1.75. The number of ketones is 1. The molecule has 0 amide bonds. The summed E-state index contributed by atoms with van der Waals surface area (Å²) in [7, 11) is 0. The number of thiol groups is 1. The highest BCUT2D eigenvalue weighted by atomic mass is 32.2. The predicted molar refractivity (Wildman–Crippen MR) is 58.4 cm³/mol. The Kier molecular flexibility index (Phi) is 3.18. The van der Waals surface area contributed by atoms with E-state index < -0.39 is 0 Å². The molecule has 3 nitrogen and oxygen atoms in total. The van der Waals surface area contributed by atoms with Crippen molar-refractivity contribution in [3.63, 3.8) is 0 Å². The second-order valence-corrected chi connectivity index (χ2v) is 5.27. The highest BCUT2D eigenvalue weighted by molar-refractivity contribution is 8.00. The van der Waals surface area contributed by atoms with E-state index in [0.717, 1.165) is 25.3 Å². The second-order valence-electron chi connectivity index (χ2n) is 3.40. The molecular formula is C8H14N2OS2. The van der Waals surface area contributed by atoms with Gasteiger partial charge in [0.25, 0.3) is 0 Å². The van der Waals surface area contributed by atoms with Crippen LogP contribution in [0.5, 0.6) is 0 Å². The number of rotatable bonds is 2. The number of carbonyl (C=O) groups is 1. The molecule has 0 saturated carbocycles. The summed E-state index contributed by atoms with van der Waals surface area (Å²) in [6.45, 7) is 1.87.